The molecule has 2 heterocycles. The molecule has 4 rings (SSSR count). The molecule has 0 spiro atoms. The summed E-state index contributed by atoms with van der Waals surface area (Å²) in [5, 5.41) is 3.10. The fraction of sp³-hybridized carbons (Fsp3) is 0.435. The first kappa shape index (κ1) is 19.7. The van der Waals surface area contributed by atoms with E-state index in [0.717, 1.165) is 49.8 Å². The van der Waals surface area contributed by atoms with Crippen molar-refractivity contribution < 1.29 is 14.3 Å². The van der Waals surface area contributed by atoms with E-state index in [4.69, 9.17) is 9.47 Å². The zero-order valence-corrected chi connectivity index (χ0v) is 17.2. The summed E-state index contributed by atoms with van der Waals surface area (Å²) in [5.74, 6) is 1.56. The molecule has 29 heavy (non-hydrogen) atoms. The Balaban J connectivity index is 1.22. The van der Waals surface area contributed by atoms with E-state index >= 15 is 0 Å². The van der Waals surface area contributed by atoms with Crippen LogP contribution in [0.5, 0.6) is 11.5 Å². The van der Waals surface area contributed by atoms with Gasteiger partial charge in [-0.25, -0.2) is 0 Å². The van der Waals surface area contributed by atoms with E-state index < -0.39 is 0 Å². The fourth-order valence-electron chi connectivity index (χ4n) is 3.93. The topological polar surface area (TPSA) is 54.0 Å². The van der Waals surface area contributed by atoms with Crippen LogP contribution in [0, 0.1) is 6.92 Å². The molecule has 2 aliphatic heterocycles. The second-order valence-corrected chi connectivity index (χ2v) is 7.94. The largest absolute Gasteiger partial charge is 0.454 e. The highest BCUT2D eigenvalue weighted by molar-refractivity contribution is 5.78. The van der Waals surface area contributed by atoms with E-state index in [1.54, 1.807) is 0 Å². The van der Waals surface area contributed by atoms with Crippen LogP contribution in [0.3, 0.4) is 0 Å². The summed E-state index contributed by atoms with van der Waals surface area (Å²) in [5.41, 5.74) is 3.67. The number of ether oxygens (including phenoxy) is 2. The van der Waals surface area contributed by atoms with Crippen molar-refractivity contribution in [2.45, 2.75) is 26.4 Å². The number of carbonyl (C=O) groups excluding carboxylic acids is 1. The van der Waals surface area contributed by atoms with E-state index in [1.807, 2.05) is 25.1 Å². The van der Waals surface area contributed by atoms with Crippen LogP contribution in [0.25, 0.3) is 0 Å². The zero-order chi connectivity index (χ0) is 20.2. The Hall–Kier alpha value is -2.57. The lowest BCUT2D eigenvalue weighted by molar-refractivity contribution is -0.123. The van der Waals surface area contributed by atoms with Crippen molar-refractivity contribution in [3.63, 3.8) is 0 Å². The van der Waals surface area contributed by atoms with Crippen LogP contribution in [0.2, 0.25) is 0 Å². The molecule has 2 aliphatic rings. The molecule has 2 aromatic carbocycles. The van der Waals surface area contributed by atoms with Gasteiger partial charge < -0.3 is 14.8 Å². The van der Waals surface area contributed by atoms with E-state index in [1.165, 1.54) is 11.1 Å². The van der Waals surface area contributed by atoms with Gasteiger partial charge in [-0.15, -0.1) is 0 Å². The van der Waals surface area contributed by atoms with Gasteiger partial charge in [0.25, 0.3) is 0 Å². The highest BCUT2D eigenvalue weighted by Gasteiger charge is 2.21. The number of nitrogens with zero attached hydrogens (tertiary/aromatic N) is 2. The number of aryl methyl sites for hydroxylation is 1. The van der Waals surface area contributed by atoms with Crippen LogP contribution in [0.4, 0.5) is 0 Å². The Morgan fingerprint density at radius 1 is 1.03 bits per heavy atom. The third-order valence-corrected chi connectivity index (χ3v) is 5.59. The first-order chi connectivity index (χ1) is 14.1. The molecule has 0 radical (unpaired) electrons. The summed E-state index contributed by atoms with van der Waals surface area (Å²) >= 11 is 0. The Bertz CT molecular complexity index is 862. The molecule has 0 aromatic heterocycles. The summed E-state index contributed by atoms with van der Waals surface area (Å²) in [6, 6.07) is 14.4. The molecule has 0 unspecified atom stereocenters. The van der Waals surface area contributed by atoms with E-state index in [9.17, 15) is 4.79 Å². The van der Waals surface area contributed by atoms with Gasteiger partial charge in [0.1, 0.15) is 0 Å². The number of benzene rings is 2. The molecule has 0 aliphatic carbocycles. The van der Waals surface area contributed by atoms with Crippen LogP contribution >= 0.6 is 0 Å². The Labute approximate surface area is 172 Å². The lowest BCUT2D eigenvalue weighted by Crippen LogP contribution is -2.49. The number of nitrogens with one attached hydrogen (secondary N) is 1. The van der Waals surface area contributed by atoms with E-state index in [2.05, 4.69) is 46.3 Å². The SMILES string of the molecule is Cc1cccc(CN2CCN(CC(=O)N[C@@H](C)c3ccc4c(c3)OCO4)CC2)c1. The summed E-state index contributed by atoms with van der Waals surface area (Å²) in [6.45, 7) is 9.60. The van der Waals surface area contributed by atoms with Gasteiger partial charge in [-0.3, -0.25) is 14.6 Å². The quantitative estimate of drug-likeness (QED) is 0.815. The molecule has 1 amide bonds. The number of amides is 1. The summed E-state index contributed by atoms with van der Waals surface area (Å²) < 4.78 is 10.8. The second kappa shape index (κ2) is 8.84. The van der Waals surface area contributed by atoms with Gasteiger partial charge in [-0.05, 0) is 37.1 Å². The third kappa shape index (κ3) is 5.08. The first-order valence-corrected chi connectivity index (χ1v) is 10.3. The van der Waals surface area contributed by atoms with Crippen molar-refractivity contribution in [3.8, 4) is 11.5 Å². The van der Waals surface area contributed by atoms with Crippen LogP contribution in [0.15, 0.2) is 42.5 Å². The van der Waals surface area contributed by atoms with Gasteiger partial charge in [0, 0.05) is 32.7 Å². The average Bonchev–Trinajstić information content (AvgIpc) is 3.17. The number of hydrogen-bond donors (Lipinski definition) is 1. The molecular formula is C23H29N3O3. The van der Waals surface area contributed by atoms with Crippen LogP contribution in [-0.4, -0.2) is 55.2 Å². The van der Waals surface area contributed by atoms with Gasteiger partial charge in [-0.1, -0.05) is 35.9 Å². The number of hydrogen-bond acceptors (Lipinski definition) is 5. The zero-order valence-electron chi connectivity index (χ0n) is 17.2. The minimum Gasteiger partial charge on any atom is -0.454 e. The van der Waals surface area contributed by atoms with E-state index in [0.29, 0.717) is 6.54 Å². The maximum Gasteiger partial charge on any atom is 0.234 e. The fourth-order valence-corrected chi connectivity index (χ4v) is 3.93. The summed E-state index contributed by atoms with van der Waals surface area (Å²) in [4.78, 5) is 17.2. The molecule has 1 N–H and O–H groups in total. The van der Waals surface area contributed by atoms with Crippen molar-refractivity contribution in [3.05, 3.63) is 59.2 Å². The highest BCUT2D eigenvalue weighted by Crippen LogP contribution is 2.34. The number of carbonyl (C=O) groups is 1. The van der Waals surface area contributed by atoms with Crippen molar-refractivity contribution in [2.75, 3.05) is 39.5 Å². The Morgan fingerprint density at radius 3 is 2.59 bits per heavy atom. The van der Waals surface area contributed by atoms with Gasteiger partial charge in [0.05, 0.1) is 12.6 Å². The molecule has 1 saturated heterocycles. The maximum absolute atomic E-state index is 12.5. The molecule has 2 aromatic rings. The Kier molecular flexibility index (Phi) is 6.02. The van der Waals surface area contributed by atoms with Crippen molar-refractivity contribution in [1.29, 1.82) is 0 Å². The number of rotatable bonds is 6. The number of piperazine rings is 1. The highest BCUT2D eigenvalue weighted by atomic mass is 16.7. The predicted molar refractivity (Wildman–Crippen MR) is 112 cm³/mol. The smallest absolute Gasteiger partial charge is 0.234 e. The molecular weight excluding hydrogens is 366 g/mol. The van der Waals surface area contributed by atoms with Gasteiger partial charge in [-0.2, -0.15) is 0 Å². The first-order valence-electron chi connectivity index (χ1n) is 10.3. The van der Waals surface area contributed by atoms with Gasteiger partial charge in [0.15, 0.2) is 11.5 Å². The van der Waals surface area contributed by atoms with Crippen LogP contribution < -0.4 is 14.8 Å². The van der Waals surface area contributed by atoms with Crippen molar-refractivity contribution >= 4 is 5.91 Å². The molecule has 6 nitrogen and oxygen atoms in total. The molecule has 0 bridgehead atoms. The minimum absolute atomic E-state index is 0.0577. The predicted octanol–water partition coefficient (Wildman–Crippen LogP) is 2.72. The van der Waals surface area contributed by atoms with Crippen LogP contribution in [-0.2, 0) is 11.3 Å². The summed E-state index contributed by atoms with van der Waals surface area (Å²) in [7, 11) is 0. The number of fused-ring (bicyclic) bond motifs is 1. The maximum atomic E-state index is 12.5. The third-order valence-electron chi connectivity index (χ3n) is 5.59. The summed E-state index contributed by atoms with van der Waals surface area (Å²) in [6.07, 6.45) is 0. The van der Waals surface area contributed by atoms with Crippen molar-refractivity contribution in [1.82, 2.24) is 15.1 Å². The lowest BCUT2D eigenvalue weighted by Gasteiger charge is -2.34. The monoisotopic (exact) mass is 395 g/mol. The van der Waals surface area contributed by atoms with Crippen molar-refractivity contribution in [2.24, 2.45) is 0 Å². The normalized spacial score (nSPS) is 17.9. The van der Waals surface area contributed by atoms with E-state index in [-0.39, 0.29) is 18.7 Å². The lowest BCUT2D eigenvalue weighted by atomic mass is 10.1. The van der Waals surface area contributed by atoms with Gasteiger partial charge >= 0.3 is 0 Å². The molecule has 1 fully saturated rings. The van der Waals surface area contributed by atoms with Gasteiger partial charge in [0.2, 0.25) is 12.7 Å². The second-order valence-electron chi connectivity index (χ2n) is 7.94. The standard InChI is InChI=1S/C23H29N3O3/c1-17-4-3-5-19(12-17)14-25-8-10-26(11-9-25)15-23(27)24-18(2)20-6-7-21-22(13-20)29-16-28-21/h3-7,12-13,18H,8-11,14-16H2,1-2H3,(H,24,27)/t18-/m0/s1. The molecule has 0 saturated carbocycles. The Morgan fingerprint density at radius 2 is 1.79 bits per heavy atom. The molecule has 6 heteroatoms. The van der Waals surface area contributed by atoms with Crippen LogP contribution in [0.1, 0.15) is 29.7 Å². The minimum atomic E-state index is -0.0698. The molecule has 1 atom stereocenters. The average molecular weight is 396 g/mol. The molecule has 154 valence electrons.